The van der Waals surface area contributed by atoms with Gasteiger partial charge in [-0.25, -0.2) is 0 Å². The van der Waals surface area contributed by atoms with E-state index in [9.17, 15) is 4.79 Å². The molecule has 0 unspecified atom stereocenters. The van der Waals surface area contributed by atoms with Crippen molar-refractivity contribution >= 4 is 26.2 Å². The minimum Gasteiger partial charge on any atom is -0.413 e. The van der Waals surface area contributed by atoms with E-state index in [0.717, 1.165) is 11.8 Å². The Morgan fingerprint density at radius 1 is 1.33 bits per heavy atom. The van der Waals surface area contributed by atoms with E-state index in [1.807, 2.05) is 0 Å². The highest BCUT2D eigenvalue weighted by atomic mass is 35.5. The SMILES string of the molecule is CC(C)(C)[Si](C)(C)OCc1cc(Cl)ccc1C=O. The molecule has 0 bridgehead atoms. The van der Waals surface area contributed by atoms with Crippen LogP contribution in [0.3, 0.4) is 0 Å². The van der Waals surface area contributed by atoms with Crippen LogP contribution in [0.5, 0.6) is 0 Å². The maximum atomic E-state index is 11.0. The summed E-state index contributed by atoms with van der Waals surface area (Å²) in [7, 11) is -1.80. The maximum Gasteiger partial charge on any atom is 0.192 e. The van der Waals surface area contributed by atoms with Gasteiger partial charge in [0.15, 0.2) is 8.32 Å². The van der Waals surface area contributed by atoms with Gasteiger partial charge in [0.1, 0.15) is 6.29 Å². The number of benzene rings is 1. The molecule has 0 saturated heterocycles. The molecule has 0 aliphatic heterocycles. The molecule has 0 aliphatic rings. The quantitative estimate of drug-likeness (QED) is 0.593. The third kappa shape index (κ3) is 3.67. The molecule has 1 aromatic rings. The molecule has 0 aromatic heterocycles. The van der Waals surface area contributed by atoms with Gasteiger partial charge in [0.2, 0.25) is 0 Å². The third-order valence-electron chi connectivity index (χ3n) is 3.63. The van der Waals surface area contributed by atoms with Gasteiger partial charge in [0.25, 0.3) is 0 Å². The van der Waals surface area contributed by atoms with Crippen LogP contribution in [0.15, 0.2) is 18.2 Å². The molecule has 0 atom stereocenters. The summed E-state index contributed by atoms with van der Waals surface area (Å²) >= 11 is 5.95. The van der Waals surface area contributed by atoms with E-state index in [0.29, 0.717) is 17.2 Å². The summed E-state index contributed by atoms with van der Waals surface area (Å²) in [6.07, 6.45) is 0.848. The monoisotopic (exact) mass is 284 g/mol. The Hall–Kier alpha value is -0.643. The molecule has 0 aliphatic carbocycles. The summed E-state index contributed by atoms with van der Waals surface area (Å²) in [5.74, 6) is 0. The van der Waals surface area contributed by atoms with Crippen molar-refractivity contribution in [3.8, 4) is 0 Å². The smallest absolute Gasteiger partial charge is 0.192 e. The van der Waals surface area contributed by atoms with Gasteiger partial charge in [0, 0.05) is 10.6 Å². The summed E-state index contributed by atoms with van der Waals surface area (Å²) < 4.78 is 6.10. The van der Waals surface area contributed by atoms with E-state index in [2.05, 4.69) is 33.9 Å². The van der Waals surface area contributed by atoms with Crippen molar-refractivity contribution in [2.24, 2.45) is 0 Å². The van der Waals surface area contributed by atoms with E-state index in [1.165, 1.54) is 0 Å². The molecule has 0 fully saturated rings. The van der Waals surface area contributed by atoms with Crippen LogP contribution in [0.1, 0.15) is 36.7 Å². The molecular formula is C14H21ClO2Si. The number of carbonyl (C=O) groups is 1. The predicted molar refractivity (Wildman–Crippen MR) is 78.8 cm³/mol. The fourth-order valence-corrected chi connectivity index (χ4v) is 2.43. The lowest BCUT2D eigenvalue weighted by atomic mass is 10.1. The summed E-state index contributed by atoms with van der Waals surface area (Å²) in [4.78, 5) is 11.0. The van der Waals surface area contributed by atoms with E-state index in [1.54, 1.807) is 18.2 Å². The minimum absolute atomic E-state index is 0.160. The van der Waals surface area contributed by atoms with E-state index < -0.39 is 8.32 Å². The zero-order valence-corrected chi connectivity index (χ0v) is 13.5. The molecule has 1 rings (SSSR count). The van der Waals surface area contributed by atoms with Crippen LogP contribution in [0.4, 0.5) is 0 Å². The number of hydrogen-bond acceptors (Lipinski definition) is 2. The molecule has 0 amide bonds. The van der Waals surface area contributed by atoms with E-state index in [4.69, 9.17) is 16.0 Å². The number of rotatable bonds is 4. The van der Waals surface area contributed by atoms with Crippen LogP contribution in [-0.4, -0.2) is 14.6 Å². The standard InChI is InChI=1S/C14H21ClO2Si/c1-14(2,3)18(4,5)17-10-12-8-13(15)7-6-11(12)9-16/h6-9H,10H2,1-5H3. The van der Waals surface area contributed by atoms with Gasteiger partial charge in [-0.1, -0.05) is 32.4 Å². The topological polar surface area (TPSA) is 26.3 Å². The molecule has 4 heteroatoms. The van der Waals surface area contributed by atoms with Gasteiger partial charge in [-0.05, 0) is 41.9 Å². The Balaban J connectivity index is 2.87. The predicted octanol–water partition coefficient (Wildman–Crippen LogP) is 4.67. The lowest BCUT2D eigenvalue weighted by Gasteiger charge is -2.36. The molecule has 0 saturated carbocycles. The van der Waals surface area contributed by atoms with Gasteiger partial charge in [-0.2, -0.15) is 0 Å². The number of halogens is 1. The lowest BCUT2D eigenvalue weighted by molar-refractivity contribution is 0.112. The molecule has 2 nitrogen and oxygen atoms in total. The maximum absolute atomic E-state index is 11.0. The van der Waals surface area contributed by atoms with Crippen LogP contribution < -0.4 is 0 Å². The highest BCUT2D eigenvalue weighted by Gasteiger charge is 2.37. The molecule has 100 valence electrons. The van der Waals surface area contributed by atoms with Crippen LogP contribution in [0.25, 0.3) is 0 Å². The minimum atomic E-state index is -1.80. The fraction of sp³-hybridized carbons (Fsp3) is 0.500. The number of aldehydes is 1. The van der Waals surface area contributed by atoms with Gasteiger partial charge in [-0.3, -0.25) is 4.79 Å². The first-order chi connectivity index (χ1) is 8.17. The lowest BCUT2D eigenvalue weighted by Crippen LogP contribution is -2.40. The van der Waals surface area contributed by atoms with Crippen molar-refractivity contribution in [1.29, 1.82) is 0 Å². The zero-order chi connectivity index (χ0) is 14.0. The molecule has 1 aromatic carbocycles. The van der Waals surface area contributed by atoms with Gasteiger partial charge < -0.3 is 4.43 Å². The second kappa shape index (κ2) is 5.55. The fourth-order valence-electron chi connectivity index (χ4n) is 1.29. The van der Waals surface area contributed by atoms with E-state index >= 15 is 0 Å². The summed E-state index contributed by atoms with van der Waals surface area (Å²) in [5.41, 5.74) is 1.51. The second-order valence-electron chi connectivity index (χ2n) is 6.01. The highest BCUT2D eigenvalue weighted by Crippen LogP contribution is 2.37. The Bertz CT molecular complexity index is 436. The normalized spacial score (nSPS) is 12.6. The van der Waals surface area contributed by atoms with Crippen LogP contribution in [0.2, 0.25) is 23.2 Å². The summed E-state index contributed by atoms with van der Waals surface area (Å²) in [5, 5.41) is 0.793. The second-order valence-corrected chi connectivity index (χ2v) is 11.3. The first-order valence-electron chi connectivity index (χ1n) is 6.05. The van der Waals surface area contributed by atoms with Crippen molar-refractivity contribution < 1.29 is 9.22 Å². The van der Waals surface area contributed by atoms with E-state index in [-0.39, 0.29) is 5.04 Å². The van der Waals surface area contributed by atoms with Crippen LogP contribution in [0, 0.1) is 0 Å². The third-order valence-corrected chi connectivity index (χ3v) is 8.34. The van der Waals surface area contributed by atoms with Crippen molar-refractivity contribution in [2.75, 3.05) is 0 Å². The van der Waals surface area contributed by atoms with Crippen molar-refractivity contribution in [3.05, 3.63) is 34.3 Å². The molecule has 0 spiro atoms. The molecule has 0 radical (unpaired) electrons. The average molecular weight is 285 g/mol. The highest BCUT2D eigenvalue weighted by molar-refractivity contribution is 6.74. The van der Waals surface area contributed by atoms with Crippen molar-refractivity contribution in [1.82, 2.24) is 0 Å². The first kappa shape index (κ1) is 15.4. The Labute approximate surface area is 115 Å². The first-order valence-corrected chi connectivity index (χ1v) is 9.33. The van der Waals surface area contributed by atoms with Crippen molar-refractivity contribution in [3.63, 3.8) is 0 Å². The summed E-state index contributed by atoms with van der Waals surface area (Å²) in [6, 6.07) is 5.26. The number of hydrogen-bond donors (Lipinski definition) is 0. The van der Waals surface area contributed by atoms with Gasteiger partial charge >= 0.3 is 0 Å². The molecular weight excluding hydrogens is 264 g/mol. The molecule has 0 heterocycles. The zero-order valence-electron chi connectivity index (χ0n) is 11.7. The average Bonchev–Trinajstić information content (AvgIpc) is 2.25. The Kier molecular flexibility index (Phi) is 4.76. The summed E-state index contributed by atoms with van der Waals surface area (Å²) in [6.45, 7) is 11.4. The Morgan fingerprint density at radius 2 is 1.94 bits per heavy atom. The van der Waals surface area contributed by atoms with Crippen molar-refractivity contribution in [2.45, 2.75) is 45.5 Å². The van der Waals surface area contributed by atoms with Crippen LogP contribution >= 0.6 is 11.6 Å². The Morgan fingerprint density at radius 3 is 2.44 bits per heavy atom. The molecule has 18 heavy (non-hydrogen) atoms. The van der Waals surface area contributed by atoms with Gasteiger partial charge in [-0.15, -0.1) is 0 Å². The molecule has 0 N–H and O–H groups in total. The van der Waals surface area contributed by atoms with Crippen LogP contribution in [-0.2, 0) is 11.0 Å². The van der Waals surface area contributed by atoms with Gasteiger partial charge in [0.05, 0.1) is 6.61 Å². The number of carbonyl (C=O) groups excluding carboxylic acids is 1. The largest absolute Gasteiger partial charge is 0.413 e.